The smallest absolute Gasteiger partial charge is 0.303 e. The summed E-state index contributed by atoms with van der Waals surface area (Å²) in [6, 6.07) is 18.7. The molecule has 0 fully saturated rings. The summed E-state index contributed by atoms with van der Waals surface area (Å²) in [5.41, 5.74) is 0.701. The third kappa shape index (κ3) is 7.05. The molecule has 194 valence electrons. The van der Waals surface area contributed by atoms with Crippen molar-refractivity contribution < 1.29 is 40.1 Å². The van der Waals surface area contributed by atoms with E-state index in [2.05, 4.69) is 10.3 Å². The highest BCUT2D eigenvalue weighted by molar-refractivity contribution is 7.95. The van der Waals surface area contributed by atoms with E-state index in [1.807, 2.05) is 6.20 Å². The van der Waals surface area contributed by atoms with Gasteiger partial charge in [0.1, 0.15) is 52.5 Å². The summed E-state index contributed by atoms with van der Waals surface area (Å²) in [7, 11) is -2.55. The Morgan fingerprint density at radius 2 is 1.22 bits per heavy atom. The molecule has 0 amide bonds. The normalized spacial score (nSPS) is 11.2. The summed E-state index contributed by atoms with van der Waals surface area (Å²) >= 11 is 0. The Morgan fingerprint density at radius 3 is 1.65 bits per heavy atom. The van der Waals surface area contributed by atoms with E-state index in [9.17, 15) is 18.0 Å². The minimum absolute atomic E-state index is 0. The van der Waals surface area contributed by atoms with Gasteiger partial charge in [-0.15, -0.1) is 5.10 Å². The average molecular weight is 592 g/mol. The Balaban J connectivity index is 0.00000380. The van der Waals surface area contributed by atoms with Crippen LogP contribution < -0.4 is 32.9 Å². The van der Waals surface area contributed by atoms with E-state index < -0.39 is 13.2 Å². The Bertz CT molecular complexity index is 1190. The molecule has 3 aromatic carbocycles. The van der Waals surface area contributed by atoms with Crippen LogP contribution in [0.25, 0.3) is 0 Å². The van der Waals surface area contributed by atoms with Gasteiger partial charge in [0.2, 0.25) is 0 Å². The van der Waals surface area contributed by atoms with Crippen molar-refractivity contribution in [2.75, 3.05) is 0 Å². The first-order valence-electron chi connectivity index (χ1n) is 11.6. The summed E-state index contributed by atoms with van der Waals surface area (Å²) in [6.45, 7) is 0.599. The van der Waals surface area contributed by atoms with Gasteiger partial charge in [-0.3, -0.25) is 9.48 Å². The van der Waals surface area contributed by atoms with Crippen molar-refractivity contribution in [3.05, 3.63) is 102 Å². The van der Waals surface area contributed by atoms with E-state index in [1.165, 1.54) is 36.4 Å². The lowest BCUT2D eigenvalue weighted by Gasteiger charge is -2.27. The van der Waals surface area contributed by atoms with Crippen LogP contribution in [-0.2, 0) is 17.5 Å². The van der Waals surface area contributed by atoms with Gasteiger partial charge in [-0.25, -0.2) is 13.2 Å². The molecular weight excluding hydrogens is 566 g/mol. The lowest BCUT2D eigenvalue weighted by atomic mass is 10.2. The van der Waals surface area contributed by atoms with Gasteiger partial charge in [-0.05, 0) is 85.6 Å². The Labute approximate surface area is 224 Å². The van der Waals surface area contributed by atoms with Gasteiger partial charge in [-0.1, -0.05) is 11.6 Å². The lowest BCUT2D eigenvalue weighted by Crippen LogP contribution is -3.00. The molecule has 37 heavy (non-hydrogen) atoms. The van der Waals surface area contributed by atoms with Crippen LogP contribution in [0.2, 0.25) is 0 Å². The van der Waals surface area contributed by atoms with E-state index in [0.29, 0.717) is 24.8 Å². The first-order valence-corrected chi connectivity index (χ1v) is 13.6. The molecule has 0 aliphatic rings. The molecule has 0 saturated heterocycles. The highest BCUT2D eigenvalue weighted by atomic mass is 79.9. The minimum atomic E-state index is -2.55. The monoisotopic (exact) mass is 591 g/mol. The molecule has 0 saturated carbocycles. The van der Waals surface area contributed by atoms with Gasteiger partial charge in [-0.2, -0.15) is 0 Å². The summed E-state index contributed by atoms with van der Waals surface area (Å²) in [5, 5.41) is 20.0. The zero-order valence-corrected chi connectivity index (χ0v) is 22.4. The summed E-state index contributed by atoms with van der Waals surface area (Å²) in [5.74, 6) is -1.92. The molecule has 0 bridgehead atoms. The molecule has 0 aliphatic carbocycles. The summed E-state index contributed by atoms with van der Waals surface area (Å²) in [6.07, 6.45) is 4.55. The second kappa shape index (κ2) is 13.0. The molecule has 10 heteroatoms. The Hall–Kier alpha value is -3.03. The molecule has 1 aromatic heterocycles. The first-order chi connectivity index (χ1) is 17.4. The van der Waals surface area contributed by atoms with Crippen LogP contribution in [0.1, 0.15) is 31.4 Å². The number of benzene rings is 3. The van der Waals surface area contributed by atoms with Gasteiger partial charge >= 0.3 is 5.97 Å². The molecule has 4 rings (SSSR count). The van der Waals surface area contributed by atoms with Crippen molar-refractivity contribution >= 4 is 29.1 Å². The fourth-order valence-electron chi connectivity index (χ4n) is 4.30. The van der Waals surface area contributed by atoms with Crippen molar-refractivity contribution in [3.8, 4) is 0 Å². The maximum Gasteiger partial charge on any atom is 0.303 e. The molecule has 0 aliphatic heterocycles. The second-order valence-electron chi connectivity index (χ2n) is 8.57. The number of rotatable bonds is 11. The summed E-state index contributed by atoms with van der Waals surface area (Å²) < 4.78 is 43.4. The van der Waals surface area contributed by atoms with Crippen molar-refractivity contribution in [2.45, 2.75) is 38.4 Å². The van der Waals surface area contributed by atoms with Crippen LogP contribution >= 0.6 is 7.26 Å². The molecule has 0 spiro atoms. The van der Waals surface area contributed by atoms with Crippen LogP contribution in [0.4, 0.5) is 13.2 Å². The van der Waals surface area contributed by atoms with E-state index in [4.69, 9.17) is 5.11 Å². The highest BCUT2D eigenvalue weighted by Crippen LogP contribution is 2.58. The predicted octanol–water partition coefficient (Wildman–Crippen LogP) is 1.84. The van der Waals surface area contributed by atoms with Gasteiger partial charge in [0, 0.05) is 13.0 Å². The van der Waals surface area contributed by atoms with Crippen molar-refractivity contribution in [3.63, 3.8) is 0 Å². The number of unbranched alkanes of at least 4 members (excludes halogenated alkanes) is 2. The van der Waals surface area contributed by atoms with Gasteiger partial charge in [0.15, 0.2) is 0 Å². The van der Waals surface area contributed by atoms with E-state index in [0.717, 1.165) is 28.8 Å². The molecule has 4 aromatic rings. The van der Waals surface area contributed by atoms with Crippen molar-refractivity contribution in [2.24, 2.45) is 0 Å². The molecule has 0 unspecified atom stereocenters. The molecule has 1 heterocycles. The van der Waals surface area contributed by atoms with Crippen LogP contribution in [-0.4, -0.2) is 26.1 Å². The average Bonchev–Trinajstić information content (AvgIpc) is 3.31. The SMILES string of the molecule is O=C(O)CCCCCn1cc(C[P+](c2ccc(F)cc2)(c2ccc(F)cc2)c2ccc(F)cc2)nn1.[Br-]. The zero-order valence-electron chi connectivity index (χ0n) is 19.9. The summed E-state index contributed by atoms with van der Waals surface area (Å²) in [4.78, 5) is 10.7. The van der Waals surface area contributed by atoms with Crippen LogP contribution in [0.5, 0.6) is 0 Å². The van der Waals surface area contributed by atoms with Gasteiger partial charge in [0.25, 0.3) is 0 Å². The number of nitrogens with zero attached hydrogens (tertiary/aromatic N) is 3. The van der Waals surface area contributed by atoms with Crippen molar-refractivity contribution in [1.29, 1.82) is 0 Å². The molecule has 0 atom stereocenters. The van der Waals surface area contributed by atoms with Crippen LogP contribution in [0.15, 0.2) is 79.0 Å². The number of carbonyl (C=O) groups is 1. The number of carboxylic acid groups (broad SMARTS) is 1. The third-order valence-electron chi connectivity index (χ3n) is 6.07. The molecule has 0 radical (unpaired) electrons. The lowest BCUT2D eigenvalue weighted by molar-refractivity contribution is -0.137. The molecule has 5 nitrogen and oxygen atoms in total. The second-order valence-corrected chi connectivity index (χ2v) is 12.1. The largest absolute Gasteiger partial charge is 1.00 e. The Morgan fingerprint density at radius 1 is 0.757 bits per heavy atom. The predicted molar refractivity (Wildman–Crippen MR) is 135 cm³/mol. The number of carboxylic acids is 1. The van der Waals surface area contributed by atoms with Gasteiger partial charge < -0.3 is 22.1 Å². The standard InChI is InChI=1S/C27H25F3N3O2P.BrH/c28-20-5-11-24(12-6-20)36(25-13-7-21(29)8-14-25,26-15-9-22(30)10-16-26)19-23-18-33(32-31-23)17-3-1-2-4-27(34)35;/h5-16,18H,1-4,17,19H2;1H. The van der Waals surface area contributed by atoms with Crippen LogP contribution in [0.3, 0.4) is 0 Å². The number of aryl methyl sites for hydroxylation is 1. The topological polar surface area (TPSA) is 68.0 Å². The quantitative estimate of drug-likeness (QED) is 0.213. The van der Waals surface area contributed by atoms with E-state index in [1.54, 1.807) is 41.1 Å². The zero-order chi connectivity index (χ0) is 25.5. The maximum atomic E-state index is 13.9. The number of halogens is 4. The number of aromatic nitrogens is 3. The number of aliphatic carboxylic acids is 1. The van der Waals surface area contributed by atoms with E-state index in [-0.39, 0.29) is 40.9 Å². The minimum Gasteiger partial charge on any atom is -1.00 e. The van der Waals surface area contributed by atoms with Crippen LogP contribution in [0, 0.1) is 17.5 Å². The third-order valence-corrected chi connectivity index (χ3v) is 10.4. The fourth-order valence-corrected chi connectivity index (χ4v) is 8.34. The molecule has 1 N–H and O–H groups in total. The Kier molecular flexibility index (Phi) is 10.0. The maximum absolute atomic E-state index is 13.9. The number of hydrogen-bond donors (Lipinski definition) is 1. The first kappa shape index (κ1) is 28.5. The number of hydrogen-bond acceptors (Lipinski definition) is 3. The highest BCUT2D eigenvalue weighted by Gasteiger charge is 2.46. The fraction of sp³-hybridized carbons (Fsp3) is 0.222. The van der Waals surface area contributed by atoms with Crippen molar-refractivity contribution in [1.82, 2.24) is 15.0 Å². The molecular formula is C27H26BrF3N3O2P. The van der Waals surface area contributed by atoms with Gasteiger partial charge in [0.05, 0.1) is 6.20 Å². The van der Waals surface area contributed by atoms with E-state index >= 15 is 0 Å².